The molecule has 1 saturated heterocycles. The van der Waals surface area contributed by atoms with E-state index in [2.05, 4.69) is 17.4 Å². The van der Waals surface area contributed by atoms with E-state index in [-0.39, 0.29) is 30.8 Å². The fourth-order valence-corrected chi connectivity index (χ4v) is 5.16. The standard InChI is InChI=1S/C27H32N2O6/c1-17(34-2)25(26(32)29-13-7-8-18(15-29)14-24(30)31)28-27(33)35-16-23-21-11-5-3-9-19(21)20-10-4-6-12-22(20)23/h3-6,9-12,17-18,23,25H,7-8,13-16H2,1-2H3,(H,28,33)(H,30,31). The van der Waals surface area contributed by atoms with Gasteiger partial charge in [0.05, 0.1) is 6.10 Å². The Bertz CT molecular complexity index is 1040. The highest BCUT2D eigenvalue weighted by Gasteiger charge is 2.35. The molecule has 0 spiro atoms. The molecule has 1 fully saturated rings. The van der Waals surface area contributed by atoms with Gasteiger partial charge >= 0.3 is 12.1 Å². The number of ether oxygens (including phenoxy) is 2. The first kappa shape index (κ1) is 24.7. The van der Waals surface area contributed by atoms with Gasteiger partial charge in [-0.05, 0) is 47.9 Å². The number of aliphatic carboxylic acids is 1. The molecule has 8 heteroatoms. The van der Waals surface area contributed by atoms with E-state index in [4.69, 9.17) is 14.6 Å². The molecule has 2 aromatic rings. The summed E-state index contributed by atoms with van der Waals surface area (Å²) < 4.78 is 11.0. The smallest absolute Gasteiger partial charge is 0.407 e. The highest BCUT2D eigenvalue weighted by atomic mass is 16.5. The highest BCUT2D eigenvalue weighted by molar-refractivity contribution is 5.86. The van der Waals surface area contributed by atoms with Crippen molar-refractivity contribution in [1.82, 2.24) is 10.2 Å². The monoisotopic (exact) mass is 480 g/mol. The van der Waals surface area contributed by atoms with E-state index in [0.29, 0.717) is 13.1 Å². The van der Waals surface area contributed by atoms with Gasteiger partial charge < -0.3 is 24.8 Å². The Morgan fingerprint density at radius 1 is 1.09 bits per heavy atom. The molecule has 2 N–H and O–H groups in total. The Hall–Kier alpha value is -3.39. The third-order valence-corrected chi connectivity index (χ3v) is 7.02. The summed E-state index contributed by atoms with van der Waals surface area (Å²) >= 11 is 0. The van der Waals surface area contributed by atoms with Crippen LogP contribution >= 0.6 is 0 Å². The molecule has 1 aliphatic carbocycles. The van der Waals surface area contributed by atoms with Gasteiger partial charge in [-0.25, -0.2) is 4.79 Å². The minimum absolute atomic E-state index is 0.0219. The lowest BCUT2D eigenvalue weighted by Gasteiger charge is -2.35. The highest BCUT2D eigenvalue weighted by Crippen LogP contribution is 2.44. The van der Waals surface area contributed by atoms with Crippen molar-refractivity contribution < 1.29 is 29.0 Å². The number of alkyl carbamates (subject to hydrolysis) is 1. The van der Waals surface area contributed by atoms with E-state index < -0.39 is 24.2 Å². The molecule has 3 atom stereocenters. The van der Waals surface area contributed by atoms with Gasteiger partial charge in [-0.1, -0.05) is 48.5 Å². The number of nitrogens with one attached hydrogen (secondary N) is 1. The molecule has 0 bridgehead atoms. The van der Waals surface area contributed by atoms with E-state index in [1.54, 1.807) is 11.8 Å². The summed E-state index contributed by atoms with van der Waals surface area (Å²) in [4.78, 5) is 38.8. The van der Waals surface area contributed by atoms with Crippen molar-refractivity contribution in [3.63, 3.8) is 0 Å². The van der Waals surface area contributed by atoms with Gasteiger partial charge in [0.1, 0.15) is 12.6 Å². The van der Waals surface area contributed by atoms with Gasteiger partial charge in [-0.2, -0.15) is 0 Å². The fourth-order valence-electron chi connectivity index (χ4n) is 5.16. The van der Waals surface area contributed by atoms with E-state index in [1.165, 1.54) is 7.11 Å². The van der Waals surface area contributed by atoms with Gasteiger partial charge in [0.2, 0.25) is 5.91 Å². The number of methoxy groups -OCH3 is 1. The van der Waals surface area contributed by atoms with Crippen molar-refractivity contribution in [2.24, 2.45) is 5.92 Å². The number of likely N-dealkylation sites (tertiary alicyclic amines) is 1. The summed E-state index contributed by atoms with van der Waals surface area (Å²) in [5.74, 6) is -1.34. The van der Waals surface area contributed by atoms with Crippen LogP contribution in [0.2, 0.25) is 0 Å². The number of hydrogen-bond donors (Lipinski definition) is 2. The second kappa shape index (κ2) is 10.9. The Morgan fingerprint density at radius 3 is 2.31 bits per heavy atom. The fraction of sp³-hybridized carbons (Fsp3) is 0.444. The predicted molar refractivity (Wildman–Crippen MR) is 130 cm³/mol. The van der Waals surface area contributed by atoms with Crippen molar-refractivity contribution in [2.45, 2.75) is 44.2 Å². The zero-order valence-corrected chi connectivity index (χ0v) is 20.1. The zero-order valence-electron chi connectivity index (χ0n) is 20.1. The Morgan fingerprint density at radius 2 is 1.71 bits per heavy atom. The summed E-state index contributed by atoms with van der Waals surface area (Å²) in [5, 5.41) is 11.8. The van der Waals surface area contributed by atoms with E-state index in [9.17, 15) is 14.4 Å². The molecule has 8 nitrogen and oxygen atoms in total. The van der Waals surface area contributed by atoms with E-state index >= 15 is 0 Å². The molecule has 2 aliphatic rings. The first-order chi connectivity index (χ1) is 16.9. The lowest BCUT2D eigenvalue weighted by molar-refractivity contribution is -0.142. The number of hydrogen-bond acceptors (Lipinski definition) is 5. The second-order valence-electron chi connectivity index (χ2n) is 9.28. The summed E-state index contributed by atoms with van der Waals surface area (Å²) in [5.41, 5.74) is 4.49. The van der Waals surface area contributed by atoms with Crippen LogP contribution in [0.5, 0.6) is 0 Å². The molecule has 35 heavy (non-hydrogen) atoms. The number of carbonyl (C=O) groups is 3. The molecule has 0 aromatic heterocycles. The molecule has 3 unspecified atom stereocenters. The second-order valence-corrected chi connectivity index (χ2v) is 9.28. The number of benzene rings is 2. The van der Waals surface area contributed by atoms with Gasteiger partial charge in [-0.15, -0.1) is 0 Å². The van der Waals surface area contributed by atoms with Gasteiger partial charge in [0.25, 0.3) is 0 Å². The lowest BCUT2D eigenvalue weighted by atomic mass is 9.94. The average Bonchev–Trinajstić information content (AvgIpc) is 3.18. The maximum absolute atomic E-state index is 13.3. The van der Waals surface area contributed by atoms with Crippen molar-refractivity contribution in [2.75, 3.05) is 26.8 Å². The SMILES string of the molecule is COC(C)C(NC(=O)OCC1c2ccccc2-c2ccccc21)C(=O)N1CCCC(CC(=O)O)C1. The van der Waals surface area contributed by atoms with Crippen molar-refractivity contribution in [1.29, 1.82) is 0 Å². The number of piperidine rings is 1. The number of carboxylic acid groups (broad SMARTS) is 1. The molecule has 1 aliphatic heterocycles. The minimum Gasteiger partial charge on any atom is -0.481 e. The summed E-state index contributed by atoms with van der Waals surface area (Å²) in [6, 6.07) is 15.2. The van der Waals surface area contributed by atoms with Gasteiger partial charge in [-0.3, -0.25) is 9.59 Å². The summed E-state index contributed by atoms with van der Waals surface area (Å²) in [7, 11) is 1.48. The molecule has 1 heterocycles. The van der Waals surface area contributed by atoms with Crippen LogP contribution in [0.1, 0.15) is 43.2 Å². The predicted octanol–water partition coefficient (Wildman–Crippen LogP) is 3.64. The van der Waals surface area contributed by atoms with Gasteiger partial charge in [0, 0.05) is 32.5 Å². The van der Waals surface area contributed by atoms with Gasteiger partial charge in [0.15, 0.2) is 0 Å². The molecular weight excluding hydrogens is 448 g/mol. The molecule has 0 radical (unpaired) electrons. The molecule has 2 aromatic carbocycles. The third kappa shape index (κ3) is 5.48. The third-order valence-electron chi connectivity index (χ3n) is 7.02. The van der Waals surface area contributed by atoms with E-state index in [0.717, 1.165) is 35.1 Å². The lowest BCUT2D eigenvalue weighted by Crippen LogP contribution is -2.56. The van der Waals surface area contributed by atoms with Crippen molar-refractivity contribution in [3.8, 4) is 11.1 Å². The molecule has 0 saturated carbocycles. The number of carboxylic acids is 1. The summed E-state index contributed by atoms with van der Waals surface area (Å²) in [6.07, 6.45) is 0.244. The topological polar surface area (TPSA) is 105 Å². The Balaban J connectivity index is 1.41. The Labute approximate surface area is 205 Å². The van der Waals surface area contributed by atoms with Crippen LogP contribution in [-0.4, -0.2) is 66.9 Å². The number of rotatable bonds is 8. The van der Waals surface area contributed by atoms with Crippen LogP contribution < -0.4 is 5.32 Å². The van der Waals surface area contributed by atoms with Crippen molar-refractivity contribution >= 4 is 18.0 Å². The maximum atomic E-state index is 13.3. The van der Waals surface area contributed by atoms with Crippen molar-refractivity contribution in [3.05, 3.63) is 59.7 Å². The minimum atomic E-state index is -0.931. The van der Waals surface area contributed by atoms with Crippen LogP contribution in [0.4, 0.5) is 4.79 Å². The molecular formula is C27H32N2O6. The normalized spacial score (nSPS) is 18.8. The first-order valence-electron chi connectivity index (χ1n) is 12.0. The molecule has 2 amide bonds. The van der Waals surface area contributed by atoms with Crippen LogP contribution in [0, 0.1) is 5.92 Å². The number of fused-ring (bicyclic) bond motifs is 3. The average molecular weight is 481 g/mol. The van der Waals surface area contributed by atoms with E-state index in [1.807, 2.05) is 36.4 Å². The van der Waals surface area contributed by atoms with Crippen LogP contribution in [0.3, 0.4) is 0 Å². The quantitative estimate of drug-likeness (QED) is 0.598. The summed E-state index contributed by atoms with van der Waals surface area (Å²) in [6.45, 7) is 2.73. The maximum Gasteiger partial charge on any atom is 0.407 e. The number of amides is 2. The number of nitrogens with zero attached hydrogens (tertiary/aromatic N) is 1. The zero-order chi connectivity index (χ0) is 24.9. The number of carbonyl (C=O) groups excluding carboxylic acids is 2. The Kier molecular flexibility index (Phi) is 7.70. The van der Waals surface area contributed by atoms with Crippen LogP contribution in [0.25, 0.3) is 11.1 Å². The molecule has 4 rings (SSSR count). The van der Waals surface area contributed by atoms with Crippen LogP contribution in [-0.2, 0) is 19.1 Å². The first-order valence-corrected chi connectivity index (χ1v) is 12.0. The largest absolute Gasteiger partial charge is 0.481 e. The molecule has 186 valence electrons. The van der Waals surface area contributed by atoms with Crippen LogP contribution in [0.15, 0.2) is 48.5 Å².